The van der Waals surface area contributed by atoms with Gasteiger partial charge in [-0.15, -0.1) is 11.3 Å². The van der Waals surface area contributed by atoms with E-state index in [0.29, 0.717) is 23.1 Å². The summed E-state index contributed by atoms with van der Waals surface area (Å²) in [7, 11) is 0. The Morgan fingerprint density at radius 3 is 2.46 bits per heavy atom. The van der Waals surface area contributed by atoms with Crippen molar-refractivity contribution < 1.29 is 19.1 Å². The summed E-state index contributed by atoms with van der Waals surface area (Å²) in [5.74, 6) is 0.199. The van der Waals surface area contributed by atoms with Crippen LogP contribution < -0.4 is 5.32 Å². The molecule has 24 heavy (non-hydrogen) atoms. The third-order valence-electron chi connectivity index (χ3n) is 4.46. The minimum Gasteiger partial charge on any atom is -0.462 e. The van der Waals surface area contributed by atoms with Crippen molar-refractivity contribution in [2.75, 3.05) is 18.5 Å². The van der Waals surface area contributed by atoms with Crippen LogP contribution in [0, 0.1) is 11.3 Å². The largest absolute Gasteiger partial charge is 0.462 e. The van der Waals surface area contributed by atoms with Gasteiger partial charge in [-0.05, 0) is 50.0 Å². The van der Waals surface area contributed by atoms with Crippen LogP contribution in [0.4, 0.5) is 9.80 Å². The van der Waals surface area contributed by atoms with E-state index in [1.807, 2.05) is 0 Å². The Bertz CT molecular complexity index is 615. The molecule has 0 fully saturated rings. The smallest absolute Gasteiger partial charge is 0.412 e. The average molecular weight is 353 g/mol. The van der Waals surface area contributed by atoms with Crippen LogP contribution in [0.15, 0.2) is 0 Å². The van der Waals surface area contributed by atoms with Gasteiger partial charge in [-0.1, -0.05) is 20.8 Å². The Kier molecular flexibility index (Phi) is 5.91. The summed E-state index contributed by atoms with van der Waals surface area (Å²) in [5.41, 5.74) is 1.77. The molecule has 5 nitrogen and oxygen atoms in total. The first-order valence-electron chi connectivity index (χ1n) is 8.53. The van der Waals surface area contributed by atoms with Gasteiger partial charge in [0.15, 0.2) is 0 Å². The van der Waals surface area contributed by atoms with E-state index < -0.39 is 6.09 Å². The fourth-order valence-electron chi connectivity index (χ4n) is 3.09. The normalized spacial score (nSPS) is 17.1. The van der Waals surface area contributed by atoms with Crippen molar-refractivity contribution in [3.05, 3.63) is 16.0 Å². The van der Waals surface area contributed by atoms with Crippen LogP contribution >= 0.6 is 11.3 Å². The van der Waals surface area contributed by atoms with E-state index >= 15 is 0 Å². The molecular weight excluding hydrogens is 326 g/mol. The predicted octanol–water partition coefficient (Wildman–Crippen LogP) is 4.64. The Morgan fingerprint density at radius 2 is 1.88 bits per heavy atom. The second-order valence-electron chi connectivity index (χ2n) is 7.08. The zero-order valence-electron chi connectivity index (χ0n) is 15.2. The molecule has 0 spiro atoms. The number of hydrogen-bond donors (Lipinski definition) is 1. The van der Waals surface area contributed by atoms with E-state index in [4.69, 9.17) is 9.47 Å². The van der Waals surface area contributed by atoms with Gasteiger partial charge in [0.1, 0.15) is 5.00 Å². The highest BCUT2D eigenvalue weighted by atomic mass is 32.1. The molecule has 2 rings (SSSR count). The van der Waals surface area contributed by atoms with Crippen molar-refractivity contribution in [3.8, 4) is 0 Å². The number of nitrogens with one attached hydrogen (secondary N) is 1. The Hall–Kier alpha value is -1.56. The molecule has 0 saturated heterocycles. The highest BCUT2D eigenvalue weighted by Crippen LogP contribution is 2.44. The first kappa shape index (κ1) is 18.8. The molecule has 1 unspecified atom stereocenters. The first-order chi connectivity index (χ1) is 11.3. The fourth-order valence-corrected chi connectivity index (χ4v) is 4.39. The number of rotatable bonds is 4. The van der Waals surface area contributed by atoms with Crippen LogP contribution in [0.25, 0.3) is 0 Å². The molecule has 0 saturated carbocycles. The lowest BCUT2D eigenvalue weighted by Crippen LogP contribution is -2.26. The van der Waals surface area contributed by atoms with Gasteiger partial charge in [-0.2, -0.15) is 0 Å². The number of amides is 1. The van der Waals surface area contributed by atoms with Crippen LogP contribution in [-0.2, 0) is 22.3 Å². The lowest BCUT2D eigenvalue weighted by atomic mass is 9.72. The van der Waals surface area contributed by atoms with Crippen molar-refractivity contribution >= 4 is 28.4 Å². The van der Waals surface area contributed by atoms with Gasteiger partial charge in [0, 0.05) is 4.88 Å². The number of carbonyl (C=O) groups excluding carboxylic acids is 2. The highest BCUT2D eigenvalue weighted by molar-refractivity contribution is 7.17. The van der Waals surface area contributed by atoms with Gasteiger partial charge in [-0.3, -0.25) is 5.32 Å². The van der Waals surface area contributed by atoms with Crippen molar-refractivity contribution in [2.45, 2.75) is 53.9 Å². The number of hydrogen-bond acceptors (Lipinski definition) is 5. The number of esters is 1. The summed E-state index contributed by atoms with van der Waals surface area (Å²) >= 11 is 1.48. The van der Waals surface area contributed by atoms with Gasteiger partial charge < -0.3 is 9.47 Å². The Morgan fingerprint density at radius 1 is 1.21 bits per heavy atom. The zero-order chi connectivity index (χ0) is 17.9. The highest BCUT2D eigenvalue weighted by Gasteiger charge is 2.34. The molecule has 1 atom stereocenters. The van der Waals surface area contributed by atoms with Gasteiger partial charge in [0.05, 0.1) is 18.8 Å². The molecule has 1 aliphatic carbocycles. The predicted molar refractivity (Wildman–Crippen MR) is 95.9 cm³/mol. The third-order valence-corrected chi connectivity index (χ3v) is 5.63. The third kappa shape index (κ3) is 4.09. The van der Waals surface area contributed by atoms with Crippen LogP contribution in [0.2, 0.25) is 0 Å². The molecule has 0 radical (unpaired) electrons. The molecule has 1 amide bonds. The van der Waals surface area contributed by atoms with Gasteiger partial charge in [0.25, 0.3) is 0 Å². The molecule has 1 aromatic rings. The number of ether oxygens (including phenoxy) is 2. The topological polar surface area (TPSA) is 64.6 Å². The lowest BCUT2D eigenvalue weighted by Gasteiger charge is -2.33. The fraction of sp³-hybridized carbons (Fsp3) is 0.667. The van der Waals surface area contributed by atoms with Crippen molar-refractivity contribution in [1.29, 1.82) is 0 Å². The second-order valence-corrected chi connectivity index (χ2v) is 8.18. The van der Waals surface area contributed by atoms with E-state index in [1.165, 1.54) is 16.2 Å². The van der Waals surface area contributed by atoms with Crippen LogP contribution in [0.3, 0.4) is 0 Å². The number of carbonyl (C=O) groups is 2. The van der Waals surface area contributed by atoms with E-state index in [0.717, 1.165) is 24.8 Å². The molecule has 134 valence electrons. The van der Waals surface area contributed by atoms with Crippen LogP contribution in [0.5, 0.6) is 0 Å². The maximum Gasteiger partial charge on any atom is 0.412 e. The summed E-state index contributed by atoms with van der Waals surface area (Å²) in [5, 5.41) is 3.27. The zero-order valence-corrected chi connectivity index (χ0v) is 16.0. The lowest BCUT2D eigenvalue weighted by molar-refractivity contribution is 0.0526. The van der Waals surface area contributed by atoms with Gasteiger partial charge in [0.2, 0.25) is 0 Å². The monoisotopic (exact) mass is 353 g/mol. The average Bonchev–Trinajstić information content (AvgIpc) is 2.83. The minimum atomic E-state index is -0.533. The molecule has 0 bridgehead atoms. The van der Waals surface area contributed by atoms with Crippen molar-refractivity contribution in [1.82, 2.24) is 0 Å². The second kappa shape index (κ2) is 7.55. The molecule has 0 aromatic carbocycles. The summed E-state index contributed by atoms with van der Waals surface area (Å²) in [4.78, 5) is 25.4. The molecular formula is C18H27NO4S. The molecule has 0 aliphatic heterocycles. The van der Waals surface area contributed by atoms with Crippen LogP contribution in [0.1, 0.15) is 61.8 Å². The van der Waals surface area contributed by atoms with E-state index in [2.05, 4.69) is 26.1 Å². The maximum atomic E-state index is 12.4. The molecule has 1 aliphatic rings. The first-order valence-corrected chi connectivity index (χ1v) is 9.35. The maximum absolute atomic E-state index is 12.4. The van der Waals surface area contributed by atoms with Crippen molar-refractivity contribution in [2.24, 2.45) is 11.3 Å². The van der Waals surface area contributed by atoms with Gasteiger partial charge in [-0.25, -0.2) is 9.59 Å². The van der Waals surface area contributed by atoms with E-state index in [9.17, 15) is 9.59 Å². The summed E-state index contributed by atoms with van der Waals surface area (Å²) < 4.78 is 10.2. The summed E-state index contributed by atoms with van der Waals surface area (Å²) in [6.07, 6.45) is 2.28. The molecule has 6 heteroatoms. The summed E-state index contributed by atoms with van der Waals surface area (Å²) in [6, 6.07) is 0. The Balaban J connectivity index is 2.35. The molecule has 1 heterocycles. The molecule has 1 aromatic heterocycles. The van der Waals surface area contributed by atoms with E-state index in [-0.39, 0.29) is 18.0 Å². The summed E-state index contributed by atoms with van der Waals surface area (Å²) in [6.45, 7) is 10.9. The number of fused-ring (bicyclic) bond motifs is 1. The van der Waals surface area contributed by atoms with Crippen molar-refractivity contribution in [3.63, 3.8) is 0 Å². The quantitative estimate of drug-likeness (QED) is 0.801. The number of thiophene rings is 1. The standard InChI is InChI=1S/C18H27NO4S/c1-6-22-16(20)14-12-9-8-11(18(3,4)5)10-13(12)24-15(14)19-17(21)23-7-2/h11H,6-10H2,1-5H3,(H,19,21). The molecule has 1 N–H and O–H groups in total. The van der Waals surface area contributed by atoms with Crippen LogP contribution in [-0.4, -0.2) is 25.3 Å². The van der Waals surface area contributed by atoms with Gasteiger partial charge >= 0.3 is 12.1 Å². The Labute approximate surface area is 147 Å². The number of anilines is 1. The van der Waals surface area contributed by atoms with E-state index in [1.54, 1.807) is 13.8 Å². The SMILES string of the molecule is CCOC(=O)Nc1sc2c(c1C(=O)OCC)CCC(C(C)(C)C)C2. The minimum absolute atomic E-state index is 0.223.